The molecule has 2 rings (SSSR count). The van der Waals surface area contributed by atoms with Gasteiger partial charge in [0.1, 0.15) is 5.75 Å². The first-order valence-corrected chi connectivity index (χ1v) is 7.06. The van der Waals surface area contributed by atoms with Crippen molar-refractivity contribution in [2.24, 2.45) is 11.7 Å². The van der Waals surface area contributed by atoms with Crippen LogP contribution < -0.4 is 10.5 Å². The summed E-state index contributed by atoms with van der Waals surface area (Å²) in [5.41, 5.74) is 7.18. The standard InChI is InChI=1S/C15H21NOS/c1-17-13-9-5-8-12(10-13)14(15(16)18)11-6-3-2-4-7-11/h5,8-11,14H,2-4,6-7H2,1H3,(H2,16,18). The Morgan fingerprint density at radius 2 is 2.06 bits per heavy atom. The molecule has 98 valence electrons. The molecule has 0 saturated heterocycles. The molecule has 1 aliphatic carbocycles. The fourth-order valence-corrected chi connectivity index (χ4v) is 3.30. The van der Waals surface area contributed by atoms with Gasteiger partial charge in [-0.1, -0.05) is 43.6 Å². The van der Waals surface area contributed by atoms with Crippen LogP contribution in [-0.2, 0) is 0 Å². The van der Waals surface area contributed by atoms with Crippen LogP contribution in [0.3, 0.4) is 0 Å². The van der Waals surface area contributed by atoms with E-state index in [1.54, 1.807) is 7.11 Å². The van der Waals surface area contributed by atoms with Gasteiger partial charge in [0.15, 0.2) is 0 Å². The van der Waals surface area contributed by atoms with Crippen molar-refractivity contribution in [3.05, 3.63) is 29.8 Å². The van der Waals surface area contributed by atoms with Gasteiger partial charge in [0.25, 0.3) is 0 Å². The number of hydrogen-bond acceptors (Lipinski definition) is 2. The van der Waals surface area contributed by atoms with Crippen molar-refractivity contribution in [1.82, 2.24) is 0 Å². The van der Waals surface area contributed by atoms with Gasteiger partial charge in [0.05, 0.1) is 12.1 Å². The molecule has 0 bridgehead atoms. The van der Waals surface area contributed by atoms with Crippen LogP contribution in [-0.4, -0.2) is 12.1 Å². The van der Waals surface area contributed by atoms with E-state index < -0.39 is 0 Å². The summed E-state index contributed by atoms with van der Waals surface area (Å²) in [6, 6.07) is 8.16. The van der Waals surface area contributed by atoms with E-state index in [4.69, 9.17) is 22.7 Å². The smallest absolute Gasteiger partial charge is 0.119 e. The van der Waals surface area contributed by atoms with Crippen LogP contribution in [0.2, 0.25) is 0 Å². The zero-order valence-electron chi connectivity index (χ0n) is 10.9. The van der Waals surface area contributed by atoms with E-state index in [-0.39, 0.29) is 5.92 Å². The monoisotopic (exact) mass is 263 g/mol. The van der Waals surface area contributed by atoms with Crippen LogP contribution in [0.4, 0.5) is 0 Å². The Morgan fingerprint density at radius 3 is 2.67 bits per heavy atom. The first-order chi connectivity index (χ1) is 8.72. The predicted molar refractivity (Wildman–Crippen MR) is 79.1 cm³/mol. The minimum atomic E-state index is 0.204. The second-order valence-corrected chi connectivity index (χ2v) is 5.53. The molecule has 1 aromatic rings. The van der Waals surface area contributed by atoms with Gasteiger partial charge in [-0.3, -0.25) is 0 Å². The van der Waals surface area contributed by atoms with Gasteiger partial charge in [-0.25, -0.2) is 0 Å². The molecule has 0 aromatic heterocycles. The van der Waals surface area contributed by atoms with Crippen molar-refractivity contribution < 1.29 is 4.74 Å². The lowest BCUT2D eigenvalue weighted by molar-refractivity contribution is 0.341. The number of rotatable bonds is 4. The van der Waals surface area contributed by atoms with E-state index in [0.717, 1.165) is 5.75 Å². The van der Waals surface area contributed by atoms with Crippen molar-refractivity contribution in [3.8, 4) is 5.75 Å². The molecule has 1 aliphatic rings. The van der Waals surface area contributed by atoms with Gasteiger partial charge >= 0.3 is 0 Å². The lowest BCUT2D eigenvalue weighted by Crippen LogP contribution is -2.28. The van der Waals surface area contributed by atoms with Crippen molar-refractivity contribution in [1.29, 1.82) is 0 Å². The number of nitrogens with two attached hydrogens (primary N) is 1. The zero-order valence-corrected chi connectivity index (χ0v) is 11.7. The molecule has 0 aliphatic heterocycles. The van der Waals surface area contributed by atoms with E-state index >= 15 is 0 Å². The van der Waals surface area contributed by atoms with Crippen molar-refractivity contribution in [3.63, 3.8) is 0 Å². The molecule has 0 heterocycles. The average Bonchev–Trinajstić information content (AvgIpc) is 2.40. The molecular formula is C15H21NOS. The SMILES string of the molecule is COc1cccc(C(C(N)=S)C2CCCCC2)c1. The third kappa shape index (κ3) is 3.02. The summed E-state index contributed by atoms with van der Waals surface area (Å²) < 4.78 is 5.29. The molecule has 18 heavy (non-hydrogen) atoms. The molecule has 0 amide bonds. The molecule has 2 N–H and O–H groups in total. The summed E-state index contributed by atoms with van der Waals surface area (Å²) in [6.07, 6.45) is 6.42. The highest BCUT2D eigenvalue weighted by atomic mass is 32.1. The van der Waals surface area contributed by atoms with E-state index in [9.17, 15) is 0 Å². The molecule has 1 aromatic carbocycles. The second kappa shape index (κ2) is 6.19. The molecule has 0 radical (unpaired) electrons. The third-order valence-electron chi connectivity index (χ3n) is 3.88. The molecule has 2 nitrogen and oxygen atoms in total. The van der Waals surface area contributed by atoms with E-state index in [0.29, 0.717) is 10.9 Å². The highest BCUT2D eigenvalue weighted by Crippen LogP contribution is 2.37. The molecule has 0 spiro atoms. The average molecular weight is 263 g/mol. The van der Waals surface area contributed by atoms with Crippen molar-refractivity contribution >= 4 is 17.2 Å². The number of hydrogen-bond donors (Lipinski definition) is 1. The van der Waals surface area contributed by atoms with Crippen LogP contribution >= 0.6 is 12.2 Å². The first kappa shape index (κ1) is 13.3. The van der Waals surface area contributed by atoms with Gasteiger partial charge in [-0.2, -0.15) is 0 Å². The van der Waals surface area contributed by atoms with Crippen LogP contribution in [0.5, 0.6) is 5.75 Å². The quantitative estimate of drug-likeness (QED) is 0.842. The largest absolute Gasteiger partial charge is 0.497 e. The number of benzene rings is 1. The summed E-state index contributed by atoms with van der Waals surface area (Å²) in [5, 5.41) is 0. The van der Waals surface area contributed by atoms with Gasteiger partial charge in [0.2, 0.25) is 0 Å². The summed E-state index contributed by atoms with van der Waals surface area (Å²) in [5.74, 6) is 1.68. The van der Waals surface area contributed by atoms with E-state index in [1.165, 1.54) is 37.7 Å². The molecule has 1 saturated carbocycles. The number of thiocarbonyl (C=S) groups is 1. The summed E-state index contributed by atoms with van der Waals surface area (Å²) >= 11 is 5.30. The second-order valence-electron chi connectivity index (χ2n) is 5.05. The maximum atomic E-state index is 5.98. The third-order valence-corrected chi connectivity index (χ3v) is 4.13. The van der Waals surface area contributed by atoms with Gasteiger partial charge in [-0.15, -0.1) is 0 Å². The zero-order chi connectivity index (χ0) is 13.0. The van der Waals surface area contributed by atoms with Gasteiger partial charge in [-0.05, 0) is 36.5 Å². The Labute approximate surface area is 115 Å². The Hall–Kier alpha value is -1.09. The fraction of sp³-hybridized carbons (Fsp3) is 0.533. The predicted octanol–water partition coefficient (Wildman–Crippen LogP) is 3.65. The molecular weight excluding hydrogens is 242 g/mol. The normalized spacial score (nSPS) is 18.3. The maximum absolute atomic E-state index is 5.98. The van der Waals surface area contributed by atoms with Crippen LogP contribution in [0.15, 0.2) is 24.3 Å². The highest BCUT2D eigenvalue weighted by Gasteiger charge is 2.27. The highest BCUT2D eigenvalue weighted by molar-refractivity contribution is 7.80. The van der Waals surface area contributed by atoms with Crippen LogP contribution in [0, 0.1) is 5.92 Å². The number of methoxy groups -OCH3 is 1. The topological polar surface area (TPSA) is 35.2 Å². The summed E-state index contributed by atoms with van der Waals surface area (Å²) in [4.78, 5) is 0.621. The molecule has 1 unspecified atom stereocenters. The van der Waals surface area contributed by atoms with Gasteiger partial charge < -0.3 is 10.5 Å². The lowest BCUT2D eigenvalue weighted by Gasteiger charge is -2.30. The summed E-state index contributed by atoms with van der Waals surface area (Å²) in [7, 11) is 1.69. The lowest BCUT2D eigenvalue weighted by atomic mass is 9.77. The summed E-state index contributed by atoms with van der Waals surface area (Å²) in [6.45, 7) is 0. The van der Waals surface area contributed by atoms with Crippen LogP contribution in [0.25, 0.3) is 0 Å². The first-order valence-electron chi connectivity index (χ1n) is 6.65. The molecule has 1 atom stereocenters. The molecule has 3 heteroatoms. The van der Waals surface area contributed by atoms with E-state index in [1.807, 2.05) is 12.1 Å². The Kier molecular flexibility index (Phi) is 4.59. The van der Waals surface area contributed by atoms with Gasteiger partial charge in [0, 0.05) is 5.92 Å². The minimum Gasteiger partial charge on any atom is -0.497 e. The van der Waals surface area contributed by atoms with Crippen LogP contribution in [0.1, 0.15) is 43.6 Å². The fourth-order valence-electron chi connectivity index (χ4n) is 2.97. The van der Waals surface area contributed by atoms with E-state index in [2.05, 4.69) is 12.1 Å². The molecule has 1 fully saturated rings. The maximum Gasteiger partial charge on any atom is 0.119 e. The Balaban J connectivity index is 2.25. The Bertz CT molecular complexity index is 413. The Morgan fingerprint density at radius 1 is 1.33 bits per heavy atom. The van der Waals surface area contributed by atoms with Crippen molar-refractivity contribution in [2.75, 3.05) is 7.11 Å². The van der Waals surface area contributed by atoms with Crippen molar-refractivity contribution in [2.45, 2.75) is 38.0 Å². The minimum absolute atomic E-state index is 0.204. The number of ether oxygens (including phenoxy) is 1.